The molecule has 9 heteroatoms. The summed E-state index contributed by atoms with van der Waals surface area (Å²) in [7, 11) is 0. The lowest BCUT2D eigenvalue weighted by Gasteiger charge is -2.31. The molecule has 0 N–H and O–H groups in total. The predicted octanol–water partition coefficient (Wildman–Crippen LogP) is 3.27. The van der Waals surface area contributed by atoms with E-state index < -0.39 is 0 Å². The Kier molecular flexibility index (Phi) is 7.71. The Balaban J connectivity index is 1.05. The summed E-state index contributed by atoms with van der Waals surface area (Å²) in [6, 6.07) is 4.25. The lowest BCUT2D eigenvalue weighted by molar-refractivity contribution is 0.0341. The summed E-state index contributed by atoms with van der Waals surface area (Å²) in [5.74, 6) is 2.39. The summed E-state index contributed by atoms with van der Waals surface area (Å²) in [4.78, 5) is 23.3. The van der Waals surface area contributed by atoms with E-state index in [1.165, 1.54) is 5.56 Å². The quantitative estimate of drug-likeness (QED) is 0.481. The molecule has 0 amide bonds. The summed E-state index contributed by atoms with van der Waals surface area (Å²) < 4.78 is 17.6. The van der Waals surface area contributed by atoms with Gasteiger partial charge in [-0.15, -0.1) is 0 Å². The van der Waals surface area contributed by atoms with Crippen LogP contribution in [0.4, 0.5) is 5.69 Å². The Morgan fingerprint density at radius 1 is 0.811 bits per heavy atom. The molecule has 2 saturated heterocycles. The molecular weight excluding hydrogens is 468 g/mol. The van der Waals surface area contributed by atoms with Crippen molar-refractivity contribution >= 4 is 16.7 Å². The fraction of sp³-hybridized carbons (Fsp3) is 0.571. The first-order valence-corrected chi connectivity index (χ1v) is 13.6. The third kappa shape index (κ3) is 6.17. The molecule has 9 nitrogen and oxygen atoms in total. The number of ether oxygens (including phenoxy) is 3. The maximum atomic E-state index is 6.58. The number of benzene rings is 1. The van der Waals surface area contributed by atoms with Crippen molar-refractivity contribution in [2.75, 3.05) is 57.5 Å². The highest BCUT2D eigenvalue weighted by molar-refractivity contribution is 5.85. The largest absolute Gasteiger partial charge is 0.488 e. The van der Waals surface area contributed by atoms with Crippen LogP contribution in [0.5, 0.6) is 5.75 Å². The molecule has 0 atom stereocenters. The normalized spacial score (nSPS) is 23.3. The van der Waals surface area contributed by atoms with Crippen LogP contribution in [0, 0.1) is 5.92 Å². The van der Waals surface area contributed by atoms with Gasteiger partial charge in [0.25, 0.3) is 0 Å². The molecule has 0 radical (unpaired) electrons. The molecule has 4 heterocycles. The van der Waals surface area contributed by atoms with Gasteiger partial charge in [0.1, 0.15) is 17.1 Å². The van der Waals surface area contributed by atoms with Crippen LogP contribution in [-0.2, 0) is 22.4 Å². The number of nitrogens with zero attached hydrogens (tertiary/aromatic N) is 6. The number of morpholine rings is 2. The number of anilines is 1. The van der Waals surface area contributed by atoms with Crippen LogP contribution in [-0.4, -0.2) is 83.5 Å². The zero-order valence-corrected chi connectivity index (χ0v) is 21.4. The van der Waals surface area contributed by atoms with E-state index in [4.69, 9.17) is 14.2 Å². The Labute approximate surface area is 218 Å². The summed E-state index contributed by atoms with van der Waals surface area (Å²) in [5, 5.41) is 0. The van der Waals surface area contributed by atoms with Gasteiger partial charge in [-0.05, 0) is 37.7 Å². The van der Waals surface area contributed by atoms with Gasteiger partial charge in [-0.1, -0.05) is 0 Å². The molecule has 1 aromatic carbocycles. The summed E-state index contributed by atoms with van der Waals surface area (Å²) >= 11 is 0. The van der Waals surface area contributed by atoms with Crippen molar-refractivity contribution in [1.29, 1.82) is 0 Å². The van der Waals surface area contributed by atoms with E-state index in [2.05, 4.69) is 41.9 Å². The molecule has 3 aromatic rings. The van der Waals surface area contributed by atoms with Crippen LogP contribution in [0.15, 0.2) is 36.9 Å². The molecule has 2 aromatic heterocycles. The van der Waals surface area contributed by atoms with Gasteiger partial charge in [-0.25, -0.2) is 15.0 Å². The third-order valence-corrected chi connectivity index (χ3v) is 7.73. The van der Waals surface area contributed by atoms with Gasteiger partial charge in [0.15, 0.2) is 0 Å². The molecule has 196 valence electrons. The van der Waals surface area contributed by atoms with Crippen LogP contribution in [0.1, 0.15) is 37.1 Å². The van der Waals surface area contributed by atoms with Gasteiger partial charge in [-0.3, -0.25) is 9.88 Å². The molecule has 1 saturated carbocycles. The van der Waals surface area contributed by atoms with Gasteiger partial charge in [0.2, 0.25) is 0 Å². The van der Waals surface area contributed by atoms with Gasteiger partial charge < -0.3 is 19.1 Å². The van der Waals surface area contributed by atoms with Gasteiger partial charge in [0, 0.05) is 81.2 Å². The van der Waals surface area contributed by atoms with Crippen molar-refractivity contribution in [2.45, 2.75) is 44.8 Å². The summed E-state index contributed by atoms with van der Waals surface area (Å²) in [6.07, 6.45) is 12.9. The first kappa shape index (κ1) is 24.5. The van der Waals surface area contributed by atoms with E-state index in [0.29, 0.717) is 5.92 Å². The Bertz CT molecular complexity index is 1160. The Morgan fingerprint density at radius 2 is 1.51 bits per heavy atom. The summed E-state index contributed by atoms with van der Waals surface area (Å²) in [6.45, 7) is 7.75. The van der Waals surface area contributed by atoms with E-state index in [1.807, 2.05) is 12.4 Å². The standard InChI is InChI=1S/C28H36N6O3/c1-3-24(4-2-21(1)15-27-31-18-22(19-32-27)20-33-7-11-35-12-8-33)37-26-17-23(34-9-13-36-14-10-34)16-25-28(26)30-6-5-29-25/h5-6,16-19,21,24H,1-4,7-15,20H2. The van der Waals surface area contributed by atoms with Crippen LogP contribution >= 0.6 is 0 Å². The zero-order chi connectivity index (χ0) is 24.9. The lowest BCUT2D eigenvalue weighted by Crippen LogP contribution is -2.36. The second-order valence-electron chi connectivity index (χ2n) is 10.3. The molecule has 3 fully saturated rings. The van der Waals surface area contributed by atoms with Crippen LogP contribution in [0.25, 0.3) is 11.0 Å². The molecule has 2 aliphatic heterocycles. The van der Waals surface area contributed by atoms with Crippen molar-refractivity contribution in [3.8, 4) is 5.75 Å². The molecular formula is C28H36N6O3. The smallest absolute Gasteiger partial charge is 0.149 e. The van der Waals surface area contributed by atoms with E-state index >= 15 is 0 Å². The fourth-order valence-electron chi connectivity index (χ4n) is 5.60. The molecule has 6 rings (SSSR count). The average molecular weight is 505 g/mol. The minimum atomic E-state index is 0.193. The zero-order valence-electron chi connectivity index (χ0n) is 21.4. The second kappa shape index (κ2) is 11.7. The van der Waals surface area contributed by atoms with Gasteiger partial charge >= 0.3 is 0 Å². The highest BCUT2D eigenvalue weighted by Crippen LogP contribution is 2.34. The maximum Gasteiger partial charge on any atom is 0.149 e. The van der Waals surface area contributed by atoms with Crippen molar-refractivity contribution in [3.63, 3.8) is 0 Å². The van der Waals surface area contributed by atoms with Crippen LogP contribution < -0.4 is 9.64 Å². The van der Waals surface area contributed by atoms with Gasteiger partial charge in [-0.2, -0.15) is 0 Å². The summed E-state index contributed by atoms with van der Waals surface area (Å²) in [5.41, 5.74) is 4.03. The number of hydrogen-bond acceptors (Lipinski definition) is 9. The van der Waals surface area contributed by atoms with Crippen molar-refractivity contribution in [1.82, 2.24) is 24.8 Å². The second-order valence-corrected chi connectivity index (χ2v) is 10.3. The molecule has 0 unspecified atom stereocenters. The highest BCUT2D eigenvalue weighted by Gasteiger charge is 2.25. The van der Waals surface area contributed by atoms with Crippen molar-refractivity contribution in [2.24, 2.45) is 5.92 Å². The SMILES string of the molecule is c1cnc2c(OC3CCC(Cc4ncc(CN5CCOCC5)cn4)CC3)cc(N3CCOCC3)cc2n1. The minimum absolute atomic E-state index is 0.193. The number of fused-ring (bicyclic) bond motifs is 1. The Hall–Kier alpha value is -2.88. The van der Waals surface area contributed by atoms with E-state index in [1.54, 1.807) is 12.4 Å². The maximum absolute atomic E-state index is 6.58. The van der Waals surface area contributed by atoms with Gasteiger partial charge in [0.05, 0.1) is 38.0 Å². The third-order valence-electron chi connectivity index (χ3n) is 7.73. The molecule has 3 aliphatic rings. The predicted molar refractivity (Wildman–Crippen MR) is 141 cm³/mol. The number of aromatic nitrogens is 4. The fourth-order valence-corrected chi connectivity index (χ4v) is 5.60. The van der Waals surface area contributed by atoms with E-state index in [-0.39, 0.29) is 6.10 Å². The van der Waals surface area contributed by atoms with Crippen LogP contribution in [0.3, 0.4) is 0 Å². The first-order chi connectivity index (χ1) is 18.3. The van der Waals surface area contributed by atoms with Crippen molar-refractivity contribution < 1.29 is 14.2 Å². The molecule has 1 aliphatic carbocycles. The molecule has 0 spiro atoms. The average Bonchev–Trinajstić information content (AvgIpc) is 2.96. The van der Waals surface area contributed by atoms with E-state index in [9.17, 15) is 0 Å². The lowest BCUT2D eigenvalue weighted by atomic mass is 9.85. The monoisotopic (exact) mass is 504 g/mol. The molecule has 37 heavy (non-hydrogen) atoms. The number of hydrogen-bond donors (Lipinski definition) is 0. The van der Waals surface area contributed by atoms with Crippen LogP contribution in [0.2, 0.25) is 0 Å². The molecule has 0 bridgehead atoms. The number of rotatable bonds is 7. The Morgan fingerprint density at radius 3 is 2.27 bits per heavy atom. The van der Waals surface area contributed by atoms with Crippen molar-refractivity contribution in [3.05, 3.63) is 48.3 Å². The highest BCUT2D eigenvalue weighted by atomic mass is 16.5. The topological polar surface area (TPSA) is 85.7 Å². The minimum Gasteiger partial charge on any atom is -0.488 e. The van der Waals surface area contributed by atoms with E-state index in [0.717, 1.165) is 120 Å². The first-order valence-electron chi connectivity index (χ1n) is 13.6.